The number of carbonyl (C=O) groups excluding carboxylic acids is 2. The van der Waals surface area contributed by atoms with Crippen LogP contribution in [0.1, 0.15) is 28.4 Å². The second kappa shape index (κ2) is 12.4. The molecule has 1 saturated heterocycles. The molecule has 10 heteroatoms. The molecule has 1 aliphatic heterocycles. The first-order chi connectivity index (χ1) is 18.3. The molecule has 0 aromatic heterocycles. The molecule has 1 aliphatic rings. The fourth-order valence-corrected chi connectivity index (χ4v) is 5.17. The minimum absolute atomic E-state index is 0.156. The van der Waals surface area contributed by atoms with Crippen molar-refractivity contribution in [2.24, 2.45) is 4.99 Å². The highest BCUT2D eigenvalue weighted by Gasteiger charge is 2.32. The van der Waals surface area contributed by atoms with Gasteiger partial charge in [-0.05, 0) is 72.8 Å². The number of halogens is 2. The fourth-order valence-electron chi connectivity index (χ4n) is 3.64. The van der Waals surface area contributed by atoms with Crippen LogP contribution in [0.3, 0.4) is 0 Å². The highest BCUT2D eigenvalue weighted by Crippen LogP contribution is 2.36. The molecule has 3 aromatic rings. The molecule has 1 amide bonds. The summed E-state index contributed by atoms with van der Waals surface area (Å²) in [5.74, 6) is 0.444. The molecule has 0 unspecified atom stereocenters. The number of methoxy groups -OCH3 is 2. The highest BCUT2D eigenvalue weighted by molar-refractivity contribution is 8.18. The Morgan fingerprint density at radius 1 is 1.05 bits per heavy atom. The van der Waals surface area contributed by atoms with Gasteiger partial charge in [0.05, 0.1) is 30.4 Å². The van der Waals surface area contributed by atoms with E-state index in [2.05, 4.69) is 4.99 Å². The smallest absolute Gasteiger partial charge is 0.337 e. The van der Waals surface area contributed by atoms with Crippen molar-refractivity contribution in [2.45, 2.75) is 13.5 Å². The van der Waals surface area contributed by atoms with Crippen molar-refractivity contribution >= 4 is 63.8 Å². The minimum atomic E-state index is -0.451. The van der Waals surface area contributed by atoms with Crippen LogP contribution in [0.25, 0.3) is 6.08 Å². The average molecular weight is 571 g/mol. The van der Waals surface area contributed by atoms with Gasteiger partial charge in [0.25, 0.3) is 5.91 Å². The predicted octanol–water partition coefficient (Wildman–Crippen LogP) is 6.99. The van der Waals surface area contributed by atoms with E-state index in [9.17, 15) is 9.59 Å². The van der Waals surface area contributed by atoms with Crippen molar-refractivity contribution in [1.29, 1.82) is 0 Å². The summed E-state index contributed by atoms with van der Waals surface area (Å²) >= 11 is 13.5. The molecule has 0 radical (unpaired) electrons. The molecule has 196 valence electrons. The summed E-state index contributed by atoms with van der Waals surface area (Å²) in [6.45, 7) is 2.57. The van der Waals surface area contributed by atoms with Gasteiger partial charge in [0.15, 0.2) is 16.7 Å². The second-order valence-corrected chi connectivity index (χ2v) is 9.88. The molecule has 38 heavy (non-hydrogen) atoms. The first-order valence-electron chi connectivity index (χ1n) is 11.6. The van der Waals surface area contributed by atoms with Gasteiger partial charge in [-0.1, -0.05) is 41.4 Å². The summed E-state index contributed by atoms with van der Waals surface area (Å²) in [6, 6.07) is 17.4. The molecule has 1 heterocycles. The number of amides is 1. The largest absolute Gasteiger partial charge is 0.493 e. The van der Waals surface area contributed by atoms with Crippen molar-refractivity contribution in [2.75, 3.05) is 20.8 Å². The molecule has 0 spiro atoms. The summed E-state index contributed by atoms with van der Waals surface area (Å²) < 4.78 is 16.2. The lowest BCUT2D eigenvalue weighted by Gasteiger charge is -2.13. The number of benzene rings is 3. The lowest BCUT2D eigenvalue weighted by atomic mass is 10.1. The number of ether oxygens (including phenoxy) is 3. The molecule has 0 N–H and O–H groups in total. The van der Waals surface area contributed by atoms with Crippen LogP contribution in [0.2, 0.25) is 10.0 Å². The van der Waals surface area contributed by atoms with Crippen LogP contribution in [0.4, 0.5) is 5.69 Å². The third kappa shape index (κ3) is 6.32. The van der Waals surface area contributed by atoms with Gasteiger partial charge in [0.1, 0.15) is 6.61 Å². The third-order valence-corrected chi connectivity index (χ3v) is 7.17. The third-order valence-electron chi connectivity index (χ3n) is 5.58. The summed E-state index contributed by atoms with van der Waals surface area (Å²) in [5.41, 5.74) is 2.49. The van der Waals surface area contributed by atoms with Gasteiger partial charge in [-0.15, -0.1) is 0 Å². The maximum Gasteiger partial charge on any atom is 0.337 e. The number of amidine groups is 1. The summed E-state index contributed by atoms with van der Waals surface area (Å²) in [5, 5.41) is 1.60. The molecule has 7 nitrogen and oxygen atoms in total. The maximum atomic E-state index is 13.1. The number of likely N-dealkylation sites (N-methyl/N-ethyl adjacent to an activating group) is 1. The number of carbonyl (C=O) groups is 2. The average Bonchev–Trinajstić information content (AvgIpc) is 3.21. The zero-order valence-electron chi connectivity index (χ0n) is 20.9. The van der Waals surface area contributed by atoms with Crippen LogP contribution < -0.4 is 9.47 Å². The molecular formula is C28H24Cl2N2O5S. The highest BCUT2D eigenvalue weighted by atomic mass is 35.5. The van der Waals surface area contributed by atoms with Crippen LogP contribution in [-0.2, 0) is 16.1 Å². The number of aliphatic imine (C=N–C) groups is 1. The minimum Gasteiger partial charge on any atom is -0.493 e. The van der Waals surface area contributed by atoms with E-state index in [1.54, 1.807) is 66.6 Å². The SMILES string of the molecule is CCN1C(=O)C(=Cc2ccc(OCc3ccc(Cl)cc3Cl)c(OC)c2)SC1=Nc1cccc(C(=O)OC)c1. The summed E-state index contributed by atoms with van der Waals surface area (Å²) in [6.07, 6.45) is 1.78. The van der Waals surface area contributed by atoms with Crippen LogP contribution >= 0.6 is 35.0 Å². The number of hydrogen-bond acceptors (Lipinski definition) is 7. The first-order valence-corrected chi connectivity index (χ1v) is 13.1. The van der Waals surface area contributed by atoms with Crippen LogP contribution in [0.15, 0.2) is 70.6 Å². The fraction of sp³-hybridized carbons (Fsp3) is 0.179. The molecule has 0 saturated carbocycles. The zero-order valence-corrected chi connectivity index (χ0v) is 23.2. The summed E-state index contributed by atoms with van der Waals surface area (Å²) in [7, 11) is 2.88. The Morgan fingerprint density at radius 2 is 1.87 bits per heavy atom. The Bertz CT molecular complexity index is 1440. The summed E-state index contributed by atoms with van der Waals surface area (Å²) in [4.78, 5) is 31.7. The van der Waals surface area contributed by atoms with Gasteiger partial charge < -0.3 is 14.2 Å². The Hall–Kier alpha value is -3.46. The van der Waals surface area contributed by atoms with Crippen molar-refractivity contribution in [3.63, 3.8) is 0 Å². The van der Waals surface area contributed by atoms with E-state index in [4.69, 9.17) is 37.4 Å². The van der Waals surface area contributed by atoms with Crippen LogP contribution in [0, 0.1) is 0 Å². The normalized spacial score (nSPS) is 15.3. The quantitative estimate of drug-likeness (QED) is 0.214. The van der Waals surface area contributed by atoms with E-state index in [1.165, 1.54) is 18.9 Å². The molecule has 4 rings (SSSR count). The topological polar surface area (TPSA) is 77.4 Å². The van der Waals surface area contributed by atoms with Gasteiger partial charge in [-0.3, -0.25) is 9.69 Å². The number of nitrogens with zero attached hydrogens (tertiary/aromatic N) is 2. The van der Waals surface area contributed by atoms with Crippen molar-refractivity contribution in [3.8, 4) is 11.5 Å². The van der Waals surface area contributed by atoms with Gasteiger partial charge >= 0.3 is 5.97 Å². The monoisotopic (exact) mass is 570 g/mol. The van der Waals surface area contributed by atoms with E-state index in [1.807, 2.05) is 19.1 Å². The van der Waals surface area contributed by atoms with Gasteiger partial charge in [-0.2, -0.15) is 0 Å². The molecule has 0 aliphatic carbocycles. The van der Waals surface area contributed by atoms with Gasteiger partial charge in [0.2, 0.25) is 0 Å². The maximum absolute atomic E-state index is 13.1. The van der Waals surface area contributed by atoms with Crippen LogP contribution in [-0.4, -0.2) is 42.7 Å². The van der Waals surface area contributed by atoms with Gasteiger partial charge in [0, 0.05) is 22.2 Å². The van der Waals surface area contributed by atoms with E-state index in [0.29, 0.717) is 49.4 Å². The second-order valence-electron chi connectivity index (χ2n) is 8.03. The lowest BCUT2D eigenvalue weighted by Crippen LogP contribution is -2.28. The predicted molar refractivity (Wildman–Crippen MR) is 152 cm³/mol. The Balaban J connectivity index is 1.55. The van der Waals surface area contributed by atoms with Gasteiger partial charge in [-0.25, -0.2) is 9.79 Å². The van der Waals surface area contributed by atoms with Crippen molar-refractivity contribution in [3.05, 3.63) is 92.3 Å². The number of hydrogen-bond donors (Lipinski definition) is 0. The standard InChI is InChI=1S/C28H24Cl2N2O5S/c1-4-32-26(33)25(38-28(32)31-21-7-5-6-18(14-21)27(34)36-3)13-17-8-11-23(24(12-17)35-2)37-16-19-9-10-20(29)15-22(19)30/h5-15H,4,16H2,1-3H3. The van der Waals surface area contributed by atoms with Crippen LogP contribution in [0.5, 0.6) is 11.5 Å². The van der Waals surface area contributed by atoms with E-state index in [-0.39, 0.29) is 12.5 Å². The van der Waals surface area contributed by atoms with E-state index in [0.717, 1.165) is 11.1 Å². The molecule has 0 bridgehead atoms. The van der Waals surface area contributed by atoms with E-state index < -0.39 is 5.97 Å². The molecular weight excluding hydrogens is 547 g/mol. The Labute approximate surface area is 235 Å². The number of rotatable bonds is 8. The molecule has 0 atom stereocenters. The molecule has 1 fully saturated rings. The number of esters is 1. The van der Waals surface area contributed by atoms with Crippen molar-refractivity contribution in [1.82, 2.24) is 4.90 Å². The number of thioether (sulfide) groups is 1. The van der Waals surface area contributed by atoms with E-state index >= 15 is 0 Å². The lowest BCUT2D eigenvalue weighted by molar-refractivity contribution is -0.122. The van der Waals surface area contributed by atoms with Crippen molar-refractivity contribution < 1.29 is 23.8 Å². The first kappa shape index (κ1) is 27.6. The molecule has 3 aromatic carbocycles. The Kier molecular flexibility index (Phi) is 8.99. The Morgan fingerprint density at radius 3 is 2.58 bits per heavy atom. The zero-order chi connectivity index (χ0) is 27.2.